The summed E-state index contributed by atoms with van der Waals surface area (Å²) < 4.78 is 36.5. The van der Waals surface area contributed by atoms with Gasteiger partial charge >= 0.3 is 0 Å². The monoisotopic (exact) mass is 357 g/mol. The minimum absolute atomic E-state index is 0.0426. The average Bonchev–Trinajstić information content (AvgIpc) is 2.49. The highest BCUT2D eigenvalue weighted by Gasteiger charge is 2.13. The van der Waals surface area contributed by atoms with E-state index >= 15 is 0 Å². The first-order chi connectivity index (χ1) is 10.8. The van der Waals surface area contributed by atoms with Gasteiger partial charge in [0.25, 0.3) is 15.7 Å². The summed E-state index contributed by atoms with van der Waals surface area (Å²) in [6.07, 6.45) is 1.09. The topological polar surface area (TPSA) is 102 Å². The third-order valence-electron chi connectivity index (χ3n) is 2.68. The van der Waals surface area contributed by atoms with Gasteiger partial charge in [-0.15, -0.1) is 0 Å². The standard InChI is InChI=1S/C13H9ClFN3O4S/c14-12-6-1-9(7-13(12)18(19)20)8-16-17-23(21,22)11-4-2-10(15)3-5-11/h1-8,17H/b16-8-. The van der Waals surface area contributed by atoms with Crippen molar-refractivity contribution in [2.24, 2.45) is 5.10 Å². The van der Waals surface area contributed by atoms with Gasteiger partial charge < -0.3 is 0 Å². The Labute approximate surface area is 135 Å². The maximum atomic E-state index is 12.8. The minimum atomic E-state index is -3.96. The molecule has 0 saturated carbocycles. The number of hydrazone groups is 1. The molecule has 7 nitrogen and oxygen atoms in total. The number of hydrogen-bond acceptors (Lipinski definition) is 5. The Hall–Kier alpha value is -2.52. The molecule has 0 aromatic heterocycles. The third-order valence-corrected chi connectivity index (χ3v) is 4.24. The molecule has 2 rings (SSSR count). The molecule has 120 valence electrons. The van der Waals surface area contributed by atoms with E-state index in [9.17, 15) is 22.9 Å². The van der Waals surface area contributed by atoms with Crippen LogP contribution in [0.1, 0.15) is 5.56 Å². The van der Waals surface area contributed by atoms with Crippen molar-refractivity contribution in [2.45, 2.75) is 4.90 Å². The maximum absolute atomic E-state index is 12.8. The molecule has 2 aromatic carbocycles. The molecule has 0 aliphatic rings. The lowest BCUT2D eigenvalue weighted by molar-refractivity contribution is -0.384. The lowest BCUT2D eigenvalue weighted by atomic mass is 10.2. The molecule has 0 bridgehead atoms. The molecule has 0 aliphatic heterocycles. The summed E-state index contributed by atoms with van der Waals surface area (Å²) in [5.41, 5.74) is -0.0417. The molecule has 23 heavy (non-hydrogen) atoms. The quantitative estimate of drug-likeness (QED) is 0.505. The van der Waals surface area contributed by atoms with Gasteiger partial charge in [-0.3, -0.25) is 10.1 Å². The van der Waals surface area contributed by atoms with E-state index in [2.05, 4.69) is 5.10 Å². The van der Waals surface area contributed by atoms with E-state index in [1.807, 2.05) is 4.83 Å². The number of halogens is 2. The molecule has 2 aromatic rings. The Balaban J connectivity index is 2.17. The first-order valence-electron chi connectivity index (χ1n) is 6.04. The van der Waals surface area contributed by atoms with Crippen molar-refractivity contribution in [3.05, 3.63) is 69.0 Å². The molecule has 1 N–H and O–H groups in total. The Bertz CT molecular complexity index is 869. The second-order valence-electron chi connectivity index (χ2n) is 4.27. The van der Waals surface area contributed by atoms with Crippen LogP contribution in [0, 0.1) is 15.9 Å². The zero-order valence-corrected chi connectivity index (χ0v) is 12.9. The number of nitrogens with zero attached hydrogens (tertiary/aromatic N) is 2. The second kappa shape index (κ2) is 6.71. The minimum Gasteiger partial charge on any atom is -0.258 e. The molecular formula is C13H9ClFN3O4S. The Kier molecular flexibility index (Phi) is 4.92. The number of sulfonamides is 1. The van der Waals surface area contributed by atoms with Crippen LogP contribution >= 0.6 is 11.6 Å². The van der Waals surface area contributed by atoms with Gasteiger partial charge in [0.15, 0.2) is 0 Å². The highest BCUT2D eigenvalue weighted by Crippen LogP contribution is 2.24. The van der Waals surface area contributed by atoms with Crippen molar-refractivity contribution in [3.63, 3.8) is 0 Å². The zero-order chi connectivity index (χ0) is 17.0. The van der Waals surface area contributed by atoms with Crippen LogP contribution in [0.2, 0.25) is 5.02 Å². The van der Waals surface area contributed by atoms with Gasteiger partial charge in [-0.05, 0) is 30.3 Å². The molecular weight excluding hydrogens is 349 g/mol. The maximum Gasteiger partial charge on any atom is 0.288 e. The molecule has 0 amide bonds. The summed E-state index contributed by atoms with van der Waals surface area (Å²) in [6, 6.07) is 8.06. The van der Waals surface area contributed by atoms with Crippen molar-refractivity contribution in [1.29, 1.82) is 0 Å². The molecule has 0 aliphatic carbocycles. The van der Waals surface area contributed by atoms with Gasteiger partial charge in [0.1, 0.15) is 10.8 Å². The van der Waals surface area contributed by atoms with Gasteiger partial charge in [-0.25, -0.2) is 9.22 Å². The van der Waals surface area contributed by atoms with E-state index in [1.54, 1.807) is 0 Å². The van der Waals surface area contributed by atoms with E-state index in [4.69, 9.17) is 11.6 Å². The van der Waals surface area contributed by atoms with E-state index in [0.29, 0.717) is 0 Å². The van der Waals surface area contributed by atoms with Crippen molar-refractivity contribution >= 4 is 33.5 Å². The van der Waals surface area contributed by atoms with E-state index in [1.165, 1.54) is 12.1 Å². The first kappa shape index (κ1) is 16.8. The van der Waals surface area contributed by atoms with Gasteiger partial charge in [0, 0.05) is 11.6 Å². The Morgan fingerprint density at radius 3 is 2.48 bits per heavy atom. The first-order valence-corrected chi connectivity index (χ1v) is 7.90. The van der Waals surface area contributed by atoms with E-state index < -0.39 is 20.8 Å². The number of nitrogens with one attached hydrogen (secondary N) is 1. The van der Waals surface area contributed by atoms with Crippen molar-refractivity contribution in [3.8, 4) is 0 Å². The van der Waals surface area contributed by atoms with Crippen LogP contribution in [0.25, 0.3) is 0 Å². The molecule has 0 radical (unpaired) electrons. The second-order valence-corrected chi connectivity index (χ2v) is 6.34. The van der Waals surface area contributed by atoms with Gasteiger partial charge in [-0.2, -0.15) is 13.5 Å². The highest BCUT2D eigenvalue weighted by atomic mass is 35.5. The normalized spacial score (nSPS) is 11.6. The SMILES string of the molecule is O=[N+]([O-])c1cc(/C=N\NS(=O)(=O)c2ccc(F)cc2)ccc1Cl. The fourth-order valence-corrected chi connectivity index (χ4v) is 2.56. The molecule has 0 fully saturated rings. The van der Waals surface area contributed by atoms with Crippen molar-refractivity contribution in [2.75, 3.05) is 0 Å². The molecule has 0 heterocycles. The number of rotatable bonds is 5. The molecule has 0 saturated heterocycles. The Morgan fingerprint density at radius 1 is 1.22 bits per heavy atom. The van der Waals surface area contributed by atoms with Crippen LogP contribution in [-0.4, -0.2) is 19.6 Å². The molecule has 0 atom stereocenters. The summed E-state index contributed by atoms with van der Waals surface area (Å²) >= 11 is 5.66. The number of nitro groups is 1. The molecule has 0 unspecified atom stereocenters. The lowest BCUT2D eigenvalue weighted by Crippen LogP contribution is -2.18. The summed E-state index contributed by atoms with van der Waals surface area (Å²) in [7, 11) is -3.96. The number of hydrogen-bond donors (Lipinski definition) is 1. The van der Waals surface area contributed by atoms with Crippen LogP contribution in [0.5, 0.6) is 0 Å². The molecule has 0 spiro atoms. The van der Waals surface area contributed by atoms with Crippen LogP contribution in [0.3, 0.4) is 0 Å². The zero-order valence-electron chi connectivity index (χ0n) is 11.3. The lowest BCUT2D eigenvalue weighted by Gasteiger charge is -2.03. The Morgan fingerprint density at radius 2 is 1.87 bits per heavy atom. The highest BCUT2D eigenvalue weighted by molar-refractivity contribution is 7.89. The van der Waals surface area contributed by atoms with Crippen LogP contribution in [0.15, 0.2) is 52.5 Å². The smallest absolute Gasteiger partial charge is 0.258 e. The predicted molar refractivity (Wildman–Crippen MR) is 82.4 cm³/mol. The fraction of sp³-hybridized carbons (Fsp3) is 0. The van der Waals surface area contributed by atoms with Crippen molar-refractivity contribution in [1.82, 2.24) is 4.83 Å². The van der Waals surface area contributed by atoms with Gasteiger partial charge in [0.2, 0.25) is 0 Å². The predicted octanol–water partition coefficient (Wildman–Crippen LogP) is 2.70. The third kappa shape index (κ3) is 4.24. The van der Waals surface area contributed by atoms with Crippen LogP contribution in [0.4, 0.5) is 10.1 Å². The summed E-state index contributed by atoms with van der Waals surface area (Å²) in [5, 5.41) is 14.2. The summed E-state index contributed by atoms with van der Waals surface area (Å²) in [4.78, 5) is 11.8. The van der Waals surface area contributed by atoms with Crippen molar-refractivity contribution < 1.29 is 17.7 Å². The summed E-state index contributed by atoms with van der Waals surface area (Å²) in [6.45, 7) is 0. The van der Waals surface area contributed by atoms with Crippen LogP contribution < -0.4 is 4.83 Å². The number of nitro benzene ring substituents is 1. The largest absolute Gasteiger partial charge is 0.288 e. The summed E-state index contributed by atoms with van der Waals surface area (Å²) in [5.74, 6) is -0.569. The number of benzene rings is 2. The average molecular weight is 358 g/mol. The van der Waals surface area contributed by atoms with Gasteiger partial charge in [0.05, 0.1) is 16.0 Å². The van der Waals surface area contributed by atoms with Crippen LogP contribution in [-0.2, 0) is 10.0 Å². The fourth-order valence-electron chi connectivity index (χ4n) is 1.59. The van der Waals surface area contributed by atoms with E-state index in [0.717, 1.165) is 36.5 Å². The van der Waals surface area contributed by atoms with E-state index in [-0.39, 0.29) is 21.2 Å². The molecule has 10 heteroatoms. The van der Waals surface area contributed by atoms with Gasteiger partial charge in [-0.1, -0.05) is 17.7 Å².